The standard InChI is InChI=1S/C13H16O2/c1-3-15-13(14)12-8-11(12)10-6-4-9(2)5-7-10/h4-7,11-12H,3,8H2,1-2H3/t11-,12-/m1/s1. The fourth-order valence-corrected chi connectivity index (χ4v) is 1.89. The van der Waals surface area contributed by atoms with Gasteiger partial charge < -0.3 is 4.74 Å². The maximum Gasteiger partial charge on any atom is 0.309 e. The Morgan fingerprint density at radius 3 is 2.67 bits per heavy atom. The quantitative estimate of drug-likeness (QED) is 0.707. The molecular weight excluding hydrogens is 188 g/mol. The van der Waals surface area contributed by atoms with Crippen LogP contribution in [0.5, 0.6) is 0 Å². The van der Waals surface area contributed by atoms with E-state index in [0.29, 0.717) is 12.5 Å². The number of hydrogen-bond acceptors (Lipinski definition) is 2. The van der Waals surface area contributed by atoms with Crippen molar-refractivity contribution in [3.63, 3.8) is 0 Å². The molecule has 0 aromatic heterocycles. The van der Waals surface area contributed by atoms with E-state index in [2.05, 4.69) is 31.2 Å². The molecule has 2 nitrogen and oxygen atoms in total. The Labute approximate surface area is 90.3 Å². The van der Waals surface area contributed by atoms with Crippen molar-refractivity contribution in [3.8, 4) is 0 Å². The van der Waals surface area contributed by atoms with Gasteiger partial charge in [-0.15, -0.1) is 0 Å². The van der Waals surface area contributed by atoms with Gasteiger partial charge in [0.2, 0.25) is 0 Å². The van der Waals surface area contributed by atoms with E-state index < -0.39 is 0 Å². The summed E-state index contributed by atoms with van der Waals surface area (Å²) in [6.45, 7) is 4.40. The van der Waals surface area contributed by atoms with Crippen molar-refractivity contribution >= 4 is 5.97 Å². The minimum absolute atomic E-state index is 0.0388. The molecule has 0 bridgehead atoms. The van der Waals surface area contributed by atoms with Crippen molar-refractivity contribution in [2.75, 3.05) is 6.61 Å². The van der Waals surface area contributed by atoms with Gasteiger partial charge in [-0.3, -0.25) is 4.79 Å². The second-order valence-electron chi connectivity index (χ2n) is 4.11. The Bertz CT molecular complexity index is 353. The molecule has 1 aromatic rings. The summed E-state index contributed by atoms with van der Waals surface area (Å²) in [4.78, 5) is 11.4. The lowest BCUT2D eigenvalue weighted by molar-refractivity contribution is -0.144. The SMILES string of the molecule is CCOC(=O)[C@@H]1C[C@@H]1c1ccc(C)cc1. The van der Waals surface area contributed by atoms with Crippen LogP contribution in [0.1, 0.15) is 30.4 Å². The summed E-state index contributed by atoms with van der Waals surface area (Å²) >= 11 is 0. The normalized spacial score (nSPS) is 23.6. The van der Waals surface area contributed by atoms with Gasteiger partial charge in [0, 0.05) is 0 Å². The largest absolute Gasteiger partial charge is 0.466 e. The van der Waals surface area contributed by atoms with E-state index in [-0.39, 0.29) is 11.9 Å². The van der Waals surface area contributed by atoms with Crippen LogP contribution in [-0.2, 0) is 9.53 Å². The van der Waals surface area contributed by atoms with E-state index in [1.54, 1.807) is 0 Å². The fourth-order valence-electron chi connectivity index (χ4n) is 1.89. The molecule has 0 saturated heterocycles. The number of ether oxygens (including phenoxy) is 1. The molecule has 0 heterocycles. The first-order valence-corrected chi connectivity index (χ1v) is 5.45. The van der Waals surface area contributed by atoms with E-state index in [1.807, 2.05) is 6.92 Å². The highest BCUT2D eigenvalue weighted by atomic mass is 16.5. The third-order valence-electron chi connectivity index (χ3n) is 2.89. The predicted octanol–water partition coefficient (Wildman–Crippen LogP) is 2.66. The maximum absolute atomic E-state index is 11.4. The number of carbonyl (C=O) groups excluding carboxylic acids is 1. The smallest absolute Gasteiger partial charge is 0.309 e. The summed E-state index contributed by atoms with van der Waals surface area (Å²) in [5.41, 5.74) is 2.52. The van der Waals surface area contributed by atoms with Crippen LogP contribution in [0.25, 0.3) is 0 Å². The molecule has 1 aliphatic carbocycles. The zero-order valence-corrected chi connectivity index (χ0v) is 9.19. The highest BCUT2D eigenvalue weighted by Crippen LogP contribution is 2.48. The van der Waals surface area contributed by atoms with Crippen molar-refractivity contribution in [1.82, 2.24) is 0 Å². The van der Waals surface area contributed by atoms with E-state index in [9.17, 15) is 4.79 Å². The van der Waals surface area contributed by atoms with Crippen LogP contribution in [0, 0.1) is 12.8 Å². The molecule has 2 atom stereocenters. The van der Waals surface area contributed by atoms with Crippen LogP contribution in [-0.4, -0.2) is 12.6 Å². The van der Waals surface area contributed by atoms with Crippen LogP contribution in [0.3, 0.4) is 0 Å². The Hall–Kier alpha value is -1.31. The zero-order valence-electron chi connectivity index (χ0n) is 9.19. The summed E-state index contributed by atoms with van der Waals surface area (Å²) in [5, 5.41) is 0. The lowest BCUT2D eigenvalue weighted by Gasteiger charge is -2.01. The molecule has 0 aliphatic heterocycles. The highest BCUT2D eigenvalue weighted by Gasteiger charge is 2.44. The van der Waals surface area contributed by atoms with E-state index in [0.717, 1.165) is 6.42 Å². The zero-order chi connectivity index (χ0) is 10.8. The van der Waals surface area contributed by atoms with Crippen molar-refractivity contribution in [2.45, 2.75) is 26.2 Å². The first-order chi connectivity index (χ1) is 7.22. The maximum atomic E-state index is 11.4. The number of aryl methyl sites for hydroxylation is 1. The Balaban J connectivity index is 1.98. The minimum atomic E-state index is -0.0388. The molecule has 2 rings (SSSR count). The third-order valence-corrected chi connectivity index (χ3v) is 2.89. The van der Waals surface area contributed by atoms with Crippen molar-refractivity contribution in [3.05, 3.63) is 35.4 Å². The second kappa shape index (κ2) is 4.05. The molecule has 0 amide bonds. The molecule has 1 fully saturated rings. The highest BCUT2D eigenvalue weighted by molar-refractivity contribution is 5.77. The molecule has 0 N–H and O–H groups in total. The first-order valence-electron chi connectivity index (χ1n) is 5.45. The fraction of sp³-hybridized carbons (Fsp3) is 0.462. The summed E-state index contributed by atoms with van der Waals surface area (Å²) in [5.74, 6) is 0.459. The van der Waals surface area contributed by atoms with Crippen molar-refractivity contribution in [1.29, 1.82) is 0 Å². The number of benzene rings is 1. The van der Waals surface area contributed by atoms with Crippen molar-refractivity contribution in [2.24, 2.45) is 5.92 Å². The molecule has 1 aliphatic rings. The predicted molar refractivity (Wildman–Crippen MR) is 58.7 cm³/mol. The van der Waals surface area contributed by atoms with Gasteiger partial charge in [-0.25, -0.2) is 0 Å². The Morgan fingerprint density at radius 1 is 1.40 bits per heavy atom. The van der Waals surface area contributed by atoms with E-state index in [4.69, 9.17) is 4.74 Å². The van der Waals surface area contributed by atoms with Gasteiger partial charge in [-0.05, 0) is 31.7 Å². The number of esters is 1. The van der Waals surface area contributed by atoms with E-state index in [1.165, 1.54) is 11.1 Å². The lowest BCUT2D eigenvalue weighted by Crippen LogP contribution is -2.07. The molecule has 1 aromatic carbocycles. The van der Waals surface area contributed by atoms with Gasteiger partial charge in [0.1, 0.15) is 0 Å². The molecule has 0 unspecified atom stereocenters. The van der Waals surface area contributed by atoms with Gasteiger partial charge in [-0.2, -0.15) is 0 Å². The number of rotatable bonds is 3. The van der Waals surface area contributed by atoms with Crippen LogP contribution in [0.4, 0.5) is 0 Å². The molecule has 2 heteroatoms. The van der Waals surface area contributed by atoms with Gasteiger partial charge in [0.25, 0.3) is 0 Å². The lowest BCUT2D eigenvalue weighted by atomic mass is 10.1. The van der Waals surface area contributed by atoms with Gasteiger partial charge in [0.15, 0.2) is 0 Å². The van der Waals surface area contributed by atoms with Crippen LogP contribution < -0.4 is 0 Å². The molecule has 80 valence electrons. The van der Waals surface area contributed by atoms with Crippen LogP contribution >= 0.6 is 0 Å². The number of hydrogen-bond donors (Lipinski definition) is 0. The average Bonchev–Trinajstić information content (AvgIpc) is 2.99. The Morgan fingerprint density at radius 2 is 2.07 bits per heavy atom. The van der Waals surface area contributed by atoms with Crippen LogP contribution in [0.15, 0.2) is 24.3 Å². The summed E-state index contributed by atoms with van der Waals surface area (Å²) in [6.07, 6.45) is 0.946. The van der Waals surface area contributed by atoms with Gasteiger partial charge in [0.05, 0.1) is 12.5 Å². The molecule has 15 heavy (non-hydrogen) atoms. The van der Waals surface area contributed by atoms with Crippen LogP contribution in [0.2, 0.25) is 0 Å². The average molecular weight is 204 g/mol. The van der Waals surface area contributed by atoms with E-state index >= 15 is 0 Å². The second-order valence-corrected chi connectivity index (χ2v) is 4.11. The first kappa shape index (κ1) is 10.2. The third kappa shape index (κ3) is 2.20. The van der Waals surface area contributed by atoms with Gasteiger partial charge >= 0.3 is 5.97 Å². The molecule has 0 spiro atoms. The summed E-state index contributed by atoms with van der Waals surface area (Å²) in [7, 11) is 0. The van der Waals surface area contributed by atoms with Gasteiger partial charge in [-0.1, -0.05) is 29.8 Å². The Kier molecular flexibility index (Phi) is 2.76. The monoisotopic (exact) mass is 204 g/mol. The molecule has 1 saturated carbocycles. The topological polar surface area (TPSA) is 26.3 Å². The summed E-state index contributed by atoms with van der Waals surface area (Å²) < 4.78 is 5.00. The number of carbonyl (C=O) groups is 1. The molecular formula is C13H16O2. The van der Waals surface area contributed by atoms with Crippen molar-refractivity contribution < 1.29 is 9.53 Å². The molecule has 0 radical (unpaired) electrons. The minimum Gasteiger partial charge on any atom is -0.466 e. The summed E-state index contributed by atoms with van der Waals surface area (Å²) in [6, 6.07) is 8.41.